The molecule has 0 aliphatic heterocycles. The third kappa shape index (κ3) is 2.99. The lowest BCUT2D eigenvalue weighted by Gasteiger charge is -2.49. The molecule has 0 aromatic carbocycles. The molecule has 0 unspecified atom stereocenters. The molecule has 1 aliphatic rings. The summed E-state index contributed by atoms with van der Waals surface area (Å²) in [6, 6.07) is 1.98. The Morgan fingerprint density at radius 2 is 2.00 bits per heavy atom. The Morgan fingerprint density at radius 1 is 1.32 bits per heavy atom. The van der Waals surface area contributed by atoms with Gasteiger partial charge in [0, 0.05) is 31.2 Å². The highest BCUT2D eigenvalue weighted by Crippen LogP contribution is 2.37. The molecule has 19 heavy (non-hydrogen) atoms. The van der Waals surface area contributed by atoms with Crippen LogP contribution in [0.2, 0.25) is 5.02 Å². The Morgan fingerprint density at radius 3 is 2.47 bits per heavy atom. The summed E-state index contributed by atoms with van der Waals surface area (Å²) in [6.45, 7) is 0.982. The molecular weight excluding hydrogens is 281 g/mol. The summed E-state index contributed by atoms with van der Waals surface area (Å²) in [5, 5.41) is 0.637. The average molecular weight is 302 g/mol. The molecule has 0 radical (unpaired) electrons. The Kier molecular flexibility index (Phi) is 4.59. The maximum atomic E-state index is 6.05. The molecule has 5 heteroatoms. The van der Waals surface area contributed by atoms with E-state index in [4.69, 9.17) is 23.2 Å². The van der Waals surface area contributed by atoms with Crippen molar-refractivity contribution in [2.45, 2.75) is 30.7 Å². The second kappa shape index (κ2) is 5.86. The van der Waals surface area contributed by atoms with Crippen molar-refractivity contribution in [2.24, 2.45) is 0 Å². The number of nitrogens with zero attached hydrogens (tertiary/aromatic N) is 3. The first-order chi connectivity index (χ1) is 8.98. The van der Waals surface area contributed by atoms with Crippen LogP contribution in [0.1, 0.15) is 24.8 Å². The van der Waals surface area contributed by atoms with E-state index in [0.29, 0.717) is 10.9 Å². The van der Waals surface area contributed by atoms with Crippen molar-refractivity contribution in [3.05, 3.63) is 22.8 Å². The van der Waals surface area contributed by atoms with E-state index < -0.39 is 0 Å². The van der Waals surface area contributed by atoms with Gasteiger partial charge in [0.05, 0.1) is 5.02 Å². The van der Waals surface area contributed by atoms with Gasteiger partial charge in [-0.1, -0.05) is 11.6 Å². The largest absolute Gasteiger partial charge is 0.358 e. The molecule has 1 aromatic rings. The van der Waals surface area contributed by atoms with Crippen molar-refractivity contribution in [3.8, 4) is 0 Å². The van der Waals surface area contributed by atoms with E-state index >= 15 is 0 Å². The molecule has 0 spiro atoms. The smallest absolute Gasteiger partial charge is 0.128 e. The molecule has 0 atom stereocenters. The maximum absolute atomic E-state index is 6.05. The molecule has 1 aromatic heterocycles. The zero-order chi connectivity index (χ0) is 14.0. The second-order valence-electron chi connectivity index (χ2n) is 5.60. The number of hydrogen-bond acceptors (Lipinski definition) is 3. The van der Waals surface area contributed by atoms with Gasteiger partial charge in [-0.25, -0.2) is 4.98 Å². The number of hydrogen-bond donors (Lipinski definition) is 0. The fraction of sp³-hybridized carbons (Fsp3) is 0.643. The van der Waals surface area contributed by atoms with Gasteiger partial charge in [-0.15, -0.1) is 11.6 Å². The molecule has 0 saturated heterocycles. The van der Waals surface area contributed by atoms with Crippen LogP contribution in [-0.4, -0.2) is 43.1 Å². The first-order valence-electron chi connectivity index (χ1n) is 6.57. The number of likely N-dealkylation sites (N-methyl/N-ethyl adjacent to an activating group) is 2. The monoisotopic (exact) mass is 301 g/mol. The highest BCUT2D eigenvalue weighted by Gasteiger charge is 2.40. The lowest BCUT2D eigenvalue weighted by atomic mass is 9.75. The number of rotatable bonds is 5. The van der Waals surface area contributed by atoms with Gasteiger partial charge < -0.3 is 9.80 Å². The van der Waals surface area contributed by atoms with Gasteiger partial charge in [-0.3, -0.25) is 0 Å². The van der Waals surface area contributed by atoms with Crippen molar-refractivity contribution < 1.29 is 0 Å². The minimum Gasteiger partial charge on any atom is -0.358 e. The summed E-state index contributed by atoms with van der Waals surface area (Å²) in [4.78, 5) is 8.94. The van der Waals surface area contributed by atoms with E-state index in [0.717, 1.165) is 17.9 Å². The van der Waals surface area contributed by atoms with Gasteiger partial charge in [-0.05, 0) is 45.0 Å². The molecule has 3 nitrogen and oxygen atoms in total. The van der Waals surface area contributed by atoms with E-state index in [9.17, 15) is 0 Å². The van der Waals surface area contributed by atoms with Gasteiger partial charge in [0.2, 0.25) is 0 Å². The molecule has 1 fully saturated rings. The van der Waals surface area contributed by atoms with Crippen LogP contribution in [0, 0.1) is 0 Å². The first-order valence-corrected chi connectivity index (χ1v) is 7.49. The van der Waals surface area contributed by atoms with Gasteiger partial charge >= 0.3 is 0 Å². The fourth-order valence-electron chi connectivity index (χ4n) is 2.63. The molecule has 0 bridgehead atoms. The summed E-state index contributed by atoms with van der Waals surface area (Å²) in [7, 11) is 6.40. The zero-order valence-electron chi connectivity index (χ0n) is 11.8. The van der Waals surface area contributed by atoms with E-state index in [-0.39, 0.29) is 5.54 Å². The van der Waals surface area contributed by atoms with Crippen LogP contribution in [0.4, 0.5) is 5.82 Å². The number of aromatic nitrogens is 1. The Hall–Kier alpha value is -0.510. The van der Waals surface area contributed by atoms with Crippen molar-refractivity contribution in [1.82, 2.24) is 9.88 Å². The highest BCUT2D eigenvalue weighted by atomic mass is 35.5. The average Bonchev–Trinajstić information content (AvgIpc) is 2.33. The Bertz CT molecular complexity index is 444. The van der Waals surface area contributed by atoms with E-state index in [2.05, 4.69) is 35.9 Å². The van der Waals surface area contributed by atoms with Crippen LogP contribution in [0.3, 0.4) is 0 Å². The van der Waals surface area contributed by atoms with Gasteiger partial charge in [-0.2, -0.15) is 0 Å². The summed E-state index contributed by atoms with van der Waals surface area (Å²) in [5.74, 6) is 1.36. The number of halogens is 2. The van der Waals surface area contributed by atoms with Crippen LogP contribution < -0.4 is 4.90 Å². The molecule has 0 amide bonds. The minimum atomic E-state index is 0.289. The topological polar surface area (TPSA) is 19.4 Å². The van der Waals surface area contributed by atoms with Crippen molar-refractivity contribution in [1.29, 1.82) is 0 Å². The third-order valence-corrected chi connectivity index (χ3v) is 4.85. The molecule has 106 valence electrons. The van der Waals surface area contributed by atoms with Gasteiger partial charge in [0.1, 0.15) is 5.82 Å². The van der Waals surface area contributed by atoms with Crippen LogP contribution in [-0.2, 0) is 5.88 Å². The Labute approximate surface area is 125 Å². The van der Waals surface area contributed by atoms with Gasteiger partial charge in [0.15, 0.2) is 0 Å². The normalized spacial score (nSPS) is 17.4. The summed E-state index contributed by atoms with van der Waals surface area (Å²) in [6.07, 6.45) is 5.50. The minimum absolute atomic E-state index is 0.289. The summed E-state index contributed by atoms with van der Waals surface area (Å²) < 4.78 is 0. The van der Waals surface area contributed by atoms with E-state index in [1.165, 1.54) is 19.3 Å². The quantitative estimate of drug-likeness (QED) is 0.777. The molecule has 1 saturated carbocycles. The first kappa shape index (κ1) is 14.9. The molecule has 2 rings (SSSR count). The highest BCUT2D eigenvalue weighted by molar-refractivity contribution is 6.32. The van der Waals surface area contributed by atoms with Crippen LogP contribution in [0.5, 0.6) is 0 Å². The number of anilines is 1. The van der Waals surface area contributed by atoms with Crippen LogP contribution in [0.15, 0.2) is 12.3 Å². The maximum Gasteiger partial charge on any atom is 0.128 e. The summed E-state index contributed by atoms with van der Waals surface area (Å²) >= 11 is 11.9. The van der Waals surface area contributed by atoms with E-state index in [1.54, 1.807) is 6.20 Å². The van der Waals surface area contributed by atoms with Crippen molar-refractivity contribution in [3.63, 3.8) is 0 Å². The van der Waals surface area contributed by atoms with Crippen LogP contribution in [0.25, 0.3) is 0 Å². The van der Waals surface area contributed by atoms with Gasteiger partial charge in [0.25, 0.3) is 0 Å². The number of alkyl halides is 1. The molecule has 0 N–H and O–H groups in total. The molecule has 1 aliphatic carbocycles. The number of pyridine rings is 1. The van der Waals surface area contributed by atoms with Crippen LogP contribution >= 0.6 is 23.2 Å². The predicted molar refractivity (Wildman–Crippen MR) is 82.3 cm³/mol. The summed E-state index contributed by atoms with van der Waals surface area (Å²) in [5.41, 5.74) is 1.23. The van der Waals surface area contributed by atoms with Crippen molar-refractivity contribution in [2.75, 3.05) is 32.6 Å². The SMILES string of the molecule is CN(CC1(N(C)C)CCC1)c1cc(CCl)c(Cl)cn1. The van der Waals surface area contributed by atoms with Crippen molar-refractivity contribution >= 4 is 29.0 Å². The Balaban J connectivity index is 2.13. The fourth-order valence-corrected chi connectivity index (χ4v) is 3.09. The molecule has 1 heterocycles. The zero-order valence-corrected chi connectivity index (χ0v) is 13.3. The standard InChI is InChI=1S/C14H21Cl2N3/c1-18(2)14(5-4-6-14)10-19(3)13-7-11(8-15)12(16)9-17-13/h7,9H,4-6,8,10H2,1-3H3. The molecular formula is C14H21Cl2N3. The van der Waals surface area contributed by atoms with E-state index in [1.807, 2.05) is 6.07 Å². The lowest BCUT2D eigenvalue weighted by Crippen LogP contribution is -2.56. The predicted octanol–water partition coefficient (Wildman–Crippen LogP) is 3.39. The third-order valence-electron chi connectivity index (χ3n) is 4.22. The second-order valence-corrected chi connectivity index (χ2v) is 6.27. The lowest BCUT2D eigenvalue weighted by molar-refractivity contribution is 0.0682.